The third-order valence-corrected chi connectivity index (χ3v) is 5.10. The molecule has 2 atom stereocenters. The zero-order valence-corrected chi connectivity index (χ0v) is 14.4. The molecule has 1 aromatic rings. The van der Waals surface area contributed by atoms with Crippen LogP contribution in [0.3, 0.4) is 0 Å². The molecule has 1 aliphatic rings. The van der Waals surface area contributed by atoms with E-state index in [0.717, 1.165) is 6.07 Å². The van der Waals surface area contributed by atoms with Crippen LogP contribution in [-0.4, -0.2) is 17.3 Å². The van der Waals surface area contributed by atoms with Crippen LogP contribution in [0.1, 0.15) is 38.2 Å². The zero-order valence-electron chi connectivity index (χ0n) is 13.6. The Morgan fingerprint density at radius 1 is 1.42 bits per heavy atom. The number of furan rings is 1. The molecule has 1 N–H and O–H groups in total. The molecular weight excluding hydrogens is 383 g/mol. The Hall–Kier alpha value is -2.01. The van der Waals surface area contributed by atoms with Gasteiger partial charge < -0.3 is 9.52 Å². The first-order valence-electron chi connectivity index (χ1n) is 7.38. The Bertz CT molecular complexity index is 797. The minimum Gasteiger partial charge on any atom is -0.481 e. The summed E-state index contributed by atoms with van der Waals surface area (Å²) in [5.41, 5.74) is -2.58. The lowest BCUT2D eigenvalue weighted by molar-refractivity contribution is -0.144. The zero-order chi connectivity index (χ0) is 19.9. The highest BCUT2D eigenvalue weighted by Crippen LogP contribution is 2.72. The molecule has 0 radical (unpaired) electrons. The third kappa shape index (κ3) is 3.45. The molecule has 0 amide bonds. The molecule has 0 bridgehead atoms. The van der Waals surface area contributed by atoms with Gasteiger partial charge in [-0.05, 0) is 23.5 Å². The lowest BCUT2D eigenvalue weighted by Gasteiger charge is -2.11. The molecule has 1 fully saturated rings. The van der Waals surface area contributed by atoms with Crippen LogP contribution in [0.4, 0.5) is 22.0 Å². The van der Waals surface area contributed by atoms with E-state index in [1.54, 1.807) is 0 Å². The first kappa shape index (κ1) is 20.3. The van der Waals surface area contributed by atoms with Gasteiger partial charge in [-0.15, -0.1) is 0 Å². The molecule has 0 aliphatic heterocycles. The summed E-state index contributed by atoms with van der Waals surface area (Å²) in [6.07, 6.45) is -7.17. The number of halogens is 6. The van der Waals surface area contributed by atoms with Gasteiger partial charge in [-0.1, -0.05) is 37.4 Å². The Kier molecular flexibility index (Phi) is 5.17. The van der Waals surface area contributed by atoms with Gasteiger partial charge >= 0.3 is 12.1 Å². The summed E-state index contributed by atoms with van der Waals surface area (Å²) in [6.45, 7) is 3.01. The molecule has 0 spiro atoms. The van der Waals surface area contributed by atoms with Crippen molar-refractivity contribution in [3.63, 3.8) is 0 Å². The van der Waals surface area contributed by atoms with Gasteiger partial charge in [0.15, 0.2) is 11.5 Å². The van der Waals surface area contributed by atoms with Crippen molar-refractivity contribution in [3.8, 4) is 11.8 Å². The summed E-state index contributed by atoms with van der Waals surface area (Å²) in [5.74, 6) is 1.99. The normalized spacial score (nSPS) is 25.0. The fourth-order valence-corrected chi connectivity index (χ4v) is 3.24. The van der Waals surface area contributed by atoms with Gasteiger partial charge in [0, 0.05) is 12.3 Å². The van der Waals surface area contributed by atoms with Crippen molar-refractivity contribution in [1.82, 2.24) is 0 Å². The van der Waals surface area contributed by atoms with E-state index in [1.165, 1.54) is 19.9 Å². The highest BCUT2D eigenvalue weighted by atomic mass is 35.5. The third-order valence-electron chi connectivity index (χ3n) is 4.76. The molecule has 0 unspecified atom stereocenters. The van der Waals surface area contributed by atoms with E-state index >= 15 is 0 Å². The largest absolute Gasteiger partial charge is 0.481 e. The summed E-state index contributed by atoms with van der Waals surface area (Å²) in [4.78, 5) is 11.7. The first-order valence-corrected chi connectivity index (χ1v) is 7.76. The van der Waals surface area contributed by atoms with Gasteiger partial charge in [0.05, 0.1) is 5.41 Å². The fourth-order valence-electron chi connectivity index (χ4n) is 3.12. The lowest BCUT2D eigenvalue weighted by atomic mass is 9.92. The van der Waals surface area contributed by atoms with Crippen LogP contribution < -0.4 is 0 Å². The number of carboxylic acids is 1. The molecule has 9 heteroatoms. The van der Waals surface area contributed by atoms with Crippen LogP contribution >= 0.6 is 11.6 Å². The van der Waals surface area contributed by atoms with Crippen molar-refractivity contribution in [2.75, 3.05) is 0 Å². The van der Waals surface area contributed by atoms with E-state index in [9.17, 15) is 31.9 Å². The molecule has 2 rings (SSSR count). The second-order valence-electron chi connectivity index (χ2n) is 6.47. The highest BCUT2D eigenvalue weighted by molar-refractivity contribution is 6.30. The average Bonchev–Trinajstić information content (AvgIpc) is 2.85. The van der Waals surface area contributed by atoms with E-state index in [2.05, 4.69) is 11.8 Å². The van der Waals surface area contributed by atoms with Gasteiger partial charge in [0.2, 0.25) is 0 Å². The Labute approximate surface area is 150 Å². The minimum atomic E-state index is -4.77. The van der Waals surface area contributed by atoms with Crippen LogP contribution in [0.2, 0.25) is 0 Å². The molecule has 1 aromatic heterocycles. The average molecular weight is 397 g/mol. The molecule has 142 valence electrons. The highest BCUT2D eigenvalue weighted by Gasteiger charge is 2.74. The number of alkyl halides is 5. The fraction of sp³-hybridized carbons (Fsp3) is 0.471. The summed E-state index contributed by atoms with van der Waals surface area (Å²) in [6, 6.07) is 2.25. The summed E-state index contributed by atoms with van der Waals surface area (Å²) in [5, 5.41) is 8.17. The van der Waals surface area contributed by atoms with Crippen molar-refractivity contribution in [1.29, 1.82) is 0 Å². The molecule has 1 aliphatic carbocycles. The molecule has 1 heterocycles. The van der Waals surface area contributed by atoms with E-state index in [1.807, 2.05) is 0 Å². The molecule has 1 saturated carbocycles. The Morgan fingerprint density at radius 3 is 2.50 bits per heavy atom. The molecule has 0 aromatic carbocycles. The first-order chi connectivity index (χ1) is 11.8. The van der Waals surface area contributed by atoms with Gasteiger partial charge in [-0.2, -0.15) is 13.2 Å². The van der Waals surface area contributed by atoms with Crippen molar-refractivity contribution in [3.05, 3.63) is 34.8 Å². The maximum Gasteiger partial charge on any atom is 0.426 e. The topological polar surface area (TPSA) is 50.4 Å². The predicted molar refractivity (Wildman–Crippen MR) is 82.5 cm³/mol. The second-order valence-corrected chi connectivity index (χ2v) is 6.88. The standard InChI is InChI=1S/C17H14ClF5O3/c1-15(2)11(8-12(18)17(21,22)23)16(15,14(24)25)7-3-4-9-5-6-10(26-9)13(19)20/h5-6,8,11,13H,7H2,1-2H3,(H,24,25)/b12-8-/t11-,16+/m1/s1. The quantitative estimate of drug-likeness (QED) is 0.550. The summed E-state index contributed by atoms with van der Waals surface area (Å²) < 4.78 is 67.6. The van der Waals surface area contributed by atoms with E-state index < -0.39 is 46.1 Å². The number of rotatable bonds is 4. The van der Waals surface area contributed by atoms with Gasteiger partial charge in [-0.25, -0.2) is 8.78 Å². The number of hydrogen-bond donors (Lipinski definition) is 1. The van der Waals surface area contributed by atoms with Crippen LogP contribution in [0, 0.1) is 28.6 Å². The number of hydrogen-bond acceptors (Lipinski definition) is 2. The Morgan fingerprint density at radius 2 is 2.04 bits per heavy atom. The number of carbonyl (C=O) groups is 1. The van der Waals surface area contributed by atoms with Crippen molar-refractivity contribution >= 4 is 17.6 Å². The van der Waals surface area contributed by atoms with Crippen molar-refractivity contribution < 1.29 is 36.3 Å². The van der Waals surface area contributed by atoms with Gasteiger partial charge in [-0.3, -0.25) is 4.79 Å². The van der Waals surface area contributed by atoms with Crippen LogP contribution in [0.15, 0.2) is 27.7 Å². The maximum absolute atomic E-state index is 12.6. The maximum atomic E-state index is 12.6. The summed E-state index contributed by atoms with van der Waals surface area (Å²) >= 11 is 5.23. The van der Waals surface area contributed by atoms with Crippen LogP contribution in [-0.2, 0) is 4.79 Å². The predicted octanol–water partition coefficient (Wildman–Crippen LogP) is 5.37. The van der Waals surface area contributed by atoms with Crippen LogP contribution in [0.5, 0.6) is 0 Å². The van der Waals surface area contributed by atoms with Gasteiger partial charge in [0.25, 0.3) is 6.43 Å². The smallest absolute Gasteiger partial charge is 0.426 e. The molecule has 0 saturated heterocycles. The van der Waals surface area contributed by atoms with E-state index in [-0.39, 0.29) is 12.2 Å². The second kappa shape index (κ2) is 6.62. The van der Waals surface area contributed by atoms with E-state index in [4.69, 9.17) is 16.0 Å². The van der Waals surface area contributed by atoms with Crippen molar-refractivity contribution in [2.24, 2.45) is 16.7 Å². The SMILES string of the molecule is CC1(C)[C@@H](/C=C(\Cl)C(F)(F)F)[C@@]1(CC#Cc1ccc(C(F)F)o1)C(=O)O. The van der Waals surface area contributed by atoms with Crippen molar-refractivity contribution in [2.45, 2.75) is 32.9 Å². The van der Waals surface area contributed by atoms with E-state index in [0.29, 0.717) is 6.08 Å². The van der Waals surface area contributed by atoms with Gasteiger partial charge in [0.1, 0.15) is 5.03 Å². The molecule has 26 heavy (non-hydrogen) atoms. The molecule has 3 nitrogen and oxygen atoms in total. The minimum absolute atomic E-state index is 0.0836. The number of allylic oxidation sites excluding steroid dienone is 2. The lowest BCUT2D eigenvalue weighted by Crippen LogP contribution is -2.21. The Balaban J connectivity index is 2.26. The number of aliphatic carboxylic acids is 1. The van der Waals surface area contributed by atoms with Crippen LogP contribution in [0.25, 0.3) is 0 Å². The molecular formula is C17H14ClF5O3. The summed E-state index contributed by atoms with van der Waals surface area (Å²) in [7, 11) is 0. The number of carboxylic acid groups (broad SMARTS) is 1. The monoisotopic (exact) mass is 396 g/mol.